The van der Waals surface area contributed by atoms with E-state index >= 15 is 0 Å². The highest BCUT2D eigenvalue weighted by atomic mass is 15.0. The second kappa shape index (κ2) is 4.15. The van der Waals surface area contributed by atoms with Gasteiger partial charge in [0.2, 0.25) is 0 Å². The Morgan fingerprint density at radius 2 is 1.88 bits per heavy atom. The molecule has 0 saturated carbocycles. The molecule has 92 valence electrons. The fourth-order valence-corrected chi connectivity index (χ4v) is 2.29. The Bertz CT molecular complexity index is 536. The number of fused-ring (bicyclic) bond motifs is 1. The Kier molecular flexibility index (Phi) is 2.96. The molecule has 3 heteroatoms. The standard InChI is InChI=1S/C14H21N3/c1-5-14(15,6-2)13-16-11-8-9(3)7-10(4)12(11)17-13/h7-8H,5-6,15H2,1-4H3,(H,16,17). The first kappa shape index (κ1) is 12.1. The first-order chi connectivity index (χ1) is 8.00. The number of hydrogen-bond donors (Lipinski definition) is 2. The van der Waals surface area contributed by atoms with E-state index in [4.69, 9.17) is 5.73 Å². The molecular weight excluding hydrogens is 210 g/mol. The summed E-state index contributed by atoms with van der Waals surface area (Å²) < 4.78 is 0. The molecule has 0 fully saturated rings. The first-order valence-corrected chi connectivity index (χ1v) is 6.26. The number of aromatic amines is 1. The van der Waals surface area contributed by atoms with E-state index in [9.17, 15) is 0 Å². The van der Waals surface area contributed by atoms with Crippen molar-refractivity contribution in [3.8, 4) is 0 Å². The Balaban J connectivity index is 2.62. The largest absolute Gasteiger partial charge is 0.340 e. The van der Waals surface area contributed by atoms with Crippen molar-refractivity contribution in [1.29, 1.82) is 0 Å². The van der Waals surface area contributed by atoms with Gasteiger partial charge in [0, 0.05) is 0 Å². The monoisotopic (exact) mass is 231 g/mol. The summed E-state index contributed by atoms with van der Waals surface area (Å²) in [7, 11) is 0. The van der Waals surface area contributed by atoms with Gasteiger partial charge in [-0.25, -0.2) is 4.98 Å². The van der Waals surface area contributed by atoms with Crippen molar-refractivity contribution in [1.82, 2.24) is 9.97 Å². The molecule has 1 aromatic heterocycles. The number of nitrogens with zero attached hydrogens (tertiary/aromatic N) is 1. The summed E-state index contributed by atoms with van der Waals surface area (Å²) in [6.07, 6.45) is 1.78. The summed E-state index contributed by atoms with van der Waals surface area (Å²) in [5.74, 6) is 0.909. The molecule has 0 saturated heterocycles. The number of imidazole rings is 1. The molecule has 0 bridgehead atoms. The molecule has 2 rings (SSSR count). The Morgan fingerprint density at radius 3 is 2.47 bits per heavy atom. The van der Waals surface area contributed by atoms with Crippen LogP contribution in [0.3, 0.4) is 0 Å². The highest BCUT2D eigenvalue weighted by Crippen LogP contribution is 2.27. The molecular formula is C14H21N3. The predicted molar refractivity (Wildman–Crippen MR) is 72.0 cm³/mol. The minimum atomic E-state index is -0.334. The molecule has 0 atom stereocenters. The van der Waals surface area contributed by atoms with Gasteiger partial charge >= 0.3 is 0 Å². The van der Waals surface area contributed by atoms with E-state index < -0.39 is 0 Å². The third kappa shape index (κ3) is 1.95. The predicted octanol–water partition coefficient (Wildman–Crippen LogP) is 3.15. The van der Waals surface area contributed by atoms with Crippen molar-refractivity contribution < 1.29 is 0 Å². The molecule has 0 aliphatic heterocycles. The molecule has 0 radical (unpaired) electrons. The molecule has 1 aromatic carbocycles. The number of nitrogens with one attached hydrogen (secondary N) is 1. The van der Waals surface area contributed by atoms with Crippen LogP contribution < -0.4 is 5.73 Å². The number of aryl methyl sites for hydroxylation is 2. The summed E-state index contributed by atoms with van der Waals surface area (Å²) in [5, 5.41) is 0. The van der Waals surface area contributed by atoms with Crippen LogP contribution in [0.15, 0.2) is 12.1 Å². The van der Waals surface area contributed by atoms with E-state index in [2.05, 4.69) is 49.8 Å². The van der Waals surface area contributed by atoms with Gasteiger partial charge in [0.15, 0.2) is 0 Å². The van der Waals surface area contributed by atoms with Crippen LogP contribution in [-0.2, 0) is 5.54 Å². The van der Waals surface area contributed by atoms with Crippen LogP contribution in [0, 0.1) is 13.8 Å². The van der Waals surface area contributed by atoms with E-state index in [1.54, 1.807) is 0 Å². The number of benzene rings is 1. The van der Waals surface area contributed by atoms with Gasteiger partial charge in [-0.2, -0.15) is 0 Å². The smallest absolute Gasteiger partial charge is 0.127 e. The van der Waals surface area contributed by atoms with Crippen LogP contribution in [0.2, 0.25) is 0 Å². The summed E-state index contributed by atoms with van der Waals surface area (Å²) in [6.45, 7) is 8.40. The highest BCUT2D eigenvalue weighted by Gasteiger charge is 2.26. The third-order valence-corrected chi connectivity index (χ3v) is 3.65. The van der Waals surface area contributed by atoms with E-state index in [0.717, 1.165) is 29.7 Å². The first-order valence-electron chi connectivity index (χ1n) is 6.26. The lowest BCUT2D eigenvalue weighted by Crippen LogP contribution is -2.36. The summed E-state index contributed by atoms with van der Waals surface area (Å²) >= 11 is 0. The average Bonchev–Trinajstić information content (AvgIpc) is 2.72. The van der Waals surface area contributed by atoms with Crippen molar-refractivity contribution in [2.75, 3.05) is 0 Å². The van der Waals surface area contributed by atoms with Crippen molar-refractivity contribution in [2.24, 2.45) is 5.73 Å². The normalized spacial score (nSPS) is 12.3. The van der Waals surface area contributed by atoms with E-state index in [-0.39, 0.29) is 5.54 Å². The number of H-pyrrole nitrogens is 1. The molecule has 3 N–H and O–H groups in total. The second-order valence-electron chi connectivity index (χ2n) is 4.93. The van der Waals surface area contributed by atoms with Gasteiger partial charge in [-0.1, -0.05) is 19.9 Å². The molecule has 2 aromatic rings. The topological polar surface area (TPSA) is 54.7 Å². The summed E-state index contributed by atoms with van der Waals surface area (Å²) in [4.78, 5) is 8.07. The van der Waals surface area contributed by atoms with Crippen LogP contribution in [0.1, 0.15) is 43.6 Å². The number of hydrogen-bond acceptors (Lipinski definition) is 2. The van der Waals surface area contributed by atoms with Crippen LogP contribution in [0.5, 0.6) is 0 Å². The zero-order valence-corrected chi connectivity index (χ0v) is 11.1. The maximum Gasteiger partial charge on any atom is 0.127 e. The third-order valence-electron chi connectivity index (χ3n) is 3.65. The van der Waals surface area contributed by atoms with Crippen LogP contribution in [0.25, 0.3) is 11.0 Å². The average molecular weight is 231 g/mol. The second-order valence-corrected chi connectivity index (χ2v) is 4.93. The van der Waals surface area contributed by atoms with Gasteiger partial charge < -0.3 is 10.7 Å². The van der Waals surface area contributed by atoms with Crippen molar-refractivity contribution in [3.05, 3.63) is 29.1 Å². The quantitative estimate of drug-likeness (QED) is 0.852. The van der Waals surface area contributed by atoms with Gasteiger partial charge in [0.05, 0.1) is 16.6 Å². The van der Waals surface area contributed by atoms with Crippen molar-refractivity contribution in [3.63, 3.8) is 0 Å². The Morgan fingerprint density at radius 1 is 1.24 bits per heavy atom. The zero-order valence-electron chi connectivity index (χ0n) is 11.1. The summed E-state index contributed by atoms with van der Waals surface area (Å²) in [5.41, 5.74) is 10.6. The lowest BCUT2D eigenvalue weighted by Gasteiger charge is -2.23. The van der Waals surface area contributed by atoms with Gasteiger partial charge in [0.25, 0.3) is 0 Å². The van der Waals surface area contributed by atoms with Gasteiger partial charge in [-0.05, 0) is 43.9 Å². The van der Waals surface area contributed by atoms with Crippen molar-refractivity contribution >= 4 is 11.0 Å². The minimum absolute atomic E-state index is 0.334. The van der Waals surface area contributed by atoms with Crippen LogP contribution in [-0.4, -0.2) is 9.97 Å². The number of rotatable bonds is 3. The number of nitrogens with two attached hydrogens (primary N) is 1. The van der Waals surface area contributed by atoms with E-state index in [0.29, 0.717) is 0 Å². The highest BCUT2D eigenvalue weighted by molar-refractivity contribution is 5.79. The molecule has 0 amide bonds. The molecule has 17 heavy (non-hydrogen) atoms. The molecule has 1 heterocycles. The fourth-order valence-electron chi connectivity index (χ4n) is 2.29. The van der Waals surface area contributed by atoms with Gasteiger partial charge in [0.1, 0.15) is 5.82 Å². The lowest BCUT2D eigenvalue weighted by molar-refractivity contribution is 0.392. The minimum Gasteiger partial charge on any atom is -0.340 e. The molecule has 0 spiro atoms. The fraction of sp³-hybridized carbons (Fsp3) is 0.500. The molecule has 0 unspecified atom stereocenters. The maximum atomic E-state index is 6.38. The van der Waals surface area contributed by atoms with Crippen LogP contribution in [0.4, 0.5) is 0 Å². The maximum absolute atomic E-state index is 6.38. The van der Waals surface area contributed by atoms with Gasteiger partial charge in [-0.15, -0.1) is 0 Å². The van der Waals surface area contributed by atoms with Crippen LogP contribution >= 0.6 is 0 Å². The van der Waals surface area contributed by atoms with Gasteiger partial charge in [-0.3, -0.25) is 0 Å². The SMILES string of the molecule is CCC(N)(CC)c1nc2c(C)cc(C)cc2[nH]1. The Hall–Kier alpha value is -1.35. The van der Waals surface area contributed by atoms with E-state index in [1.165, 1.54) is 11.1 Å². The Labute approximate surface area is 102 Å². The molecule has 3 nitrogen and oxygen atoms in total. The van der Waals surface area contributed by atoms with E-state index in [1.807, 2.05) is 0 Å². The summed E-state index contributed by atoms with van der Waals surface area (Å²) in [6, 6.07) is 4.29. The molecule has 0 aliphatic rings. The lowest BCUT2D eigenvalue weighted by atomic mass is 9.93. The number of aromatic nitrogens is 2. The molecule has 0 aliphatic carbocycles. The van der Waals surface area contributed by atoms with Crippen molar-refractivity contribution in [2.45, 2.75) is 46.1 Å². The zero-order chi connectivity index (χ0) is 12.6.